The molecule has 0 atom stereocenters. The molecule has 1 saturated heterocycles. The van der Waals surface area contributed by atoms with Gasteiger partial charge in [0.25, 0.3) is 0 Å². The Morgan fingerprint density at radius 2 is 1.92 bits per heavy atom. The molecule has 0 unspecified atom stereocenters. The third-order valence-corrected chi connectivity index (χ3v) is 4.15. The van der Waals surface area contributed by atoms with Gasteiger partial charge in [-0.15, -0.1) is 5.10 Å². The van der Waals surface area contributed by atoms with Crippen molar-refractivity contribution in [2.45, 2.75) is 6.92 Å². The first-order valence-corrected chi connectivity index (χ1v) is 7.69. The van der Waals surface area contributed by atoms with Crippen molar-refractivity contribution in [1.82, 2.24) is 15.1 Å². The Bertz CT molecular complexity index is 702. The number of carbonyl (C=O) groups is 1. The summed E-state index contributed by atoms with van der Waals surface area (Å²) >= 11 is 0. The predicted molar refractivity (Wildman–Crippen MR) is 85.9 cm³/mol. The first-order valence-electron chi connectivity index (χ1n) is 7.69. The van der Waals surface area contributed by atoms with Crippen LogP contribution in [0.25, 0.3) is 11.1 Å². The Morgan fingerprint density at radius 3 is 2.58 bits per heavy atom. The average molecular weight is 334 g/mol. The third kappa shape index (κ3) is 4.54. The van der Waals surface area contributed by atoms with E-state index in [-0.39, 0.29) is 36.1 Å². The van der Waals surface area contributed by atoms with E-state index in [9.17, 15) is 9.90 Å². The van der Waals surface area contributed by atoms with Crippen LogP contribution >= 0.6 is 0 Å². The zero-order valence-electron chi connectivity index (χ0n) is 14.1. The summed E-state index contributed by atoms with van der Waals surface area (Å²) in [5.41, 5.74) is 3.40. The zero-order chi connectivity index (χ0) is 16.2. The Balaban J connectivity index is 0.00000208. The van der Waals surface area contributed by atoms with Gasteiger partial charge in [-0.25, -0.2) is 0 Å². The van der Waals surface area contributed by atoms with Crippen molar-refractivity contribution in [3.05, 3.63) is 42.1 Å². The van der Waals surface area contributed by atoms with Crippen LogP contribution in [0.1, 0.15) is 5.56 Å². The van der Waals surface area contributed by atoms with E-state index >= 15 is 0 Å². The van der Waals surface area contributed by atoms with E-state index in [2.05, 4.69) is 34.2 Å². The molecule has 1 aromatic heterocycles. The molecule has 0 N–H and O–H groups in total. The van der Waals surface area contributed by atoms with Crippen molar-refractivity contribution >= 4 is 11.8 Å². The molecule has 2 heterocycles. The van der Waals surface area contributed by atoms with Gasteiger partial charge in [0.1, 0.15) is 0 Å². The summed E-state index contributed by atoms with van der Waals surface area (Å²) in [7, 11) is 0. The molecule has 1 aromatic carbocycles. The predicted octanol–water partition coefficient (Wildman–Crippen LogP) is -2.67. The number of aromatic nitrogens is 2. The van der Waals surface area contributed by atoms with Gasteiger partial charge >= 0.3 is 29.6 Å². The maximum absolute atomic E-state index is 10.7. The minimum atomic E-state index is -1.03. The summed E-state index contributed by atoms with van der Waals surface area (Å²) in [6, 6.07) is 10.2. The van der Waals surface area contributed by atoms with Gasteiger partial charge in [-0.2, -0.15) is 5.10 Å². The summed E-state index contributed by atoms with van der Waals surface area (Å²) in [6.07, 6.45) is 1.78. The van der Waals surface area contributed by atoms with E-state index in [1.54, 1.807) is 6.20 Å². The van der Waals surface area contributed by atoms with E-state index in [0.29, 0.717) is 13.1 Å². The number of carboxylic acid groups (broad SMARTS) is 1. The van der Waals surface area contributed by atoms with Gasteiger partial charge < -0.3 is 14.8 Å². The zero-order valence-corrected chi connectivity index (χ0v) is 16.1. The quantitative estimate of drug-likeness (QED) is 0.568. The molecule has 1 aliphatic rings. The van der Waals surface area contributed by atoms with Gasteiger partial charge in [0, 0.05) is 38.3 Å². The molecule has 0 radical (unpaired) electrons. The molecule has 0 aliphatic carbocycles. The Labute approximate surface area is 163 Å². The Hall–Kier alpha value is -1.47. The number of carbonyl (C=O) groups excluding carboxylic acids is 1. The van der Waals surface area contributed by atoms with E-state index in [4.69, 9.17) is 0 Å². The molecule has 24 heavy (non-hydrogen) atoms. The molecule has 0 amide bonds. The number of hydrogen-bond acceptors (Lipinski definition) is 6. The minimum Gasteiger partial charge on any atom is -0.549 e. The molecule has 7 heteroatoms. The van der Waals surface area contributed by atoms with Crippen LogP contribution < -0.4 is 39.6 Å². The monoisotopic (exact) mass is 334 g/mol. The number of benzene rings is 1. The SMILES string of the molecule is Cc1ccccc1-c1cnnc(N2CCN(CC(=O)[O-])CC2)c1.[Na+]. The fraction of sp³-hybridized carbons (Fsp3) is 0.353. The van der Waals surface area contributed by atoms with Crippen molar-refractivity contribution in [1.29, 1.82) is 0 Å². The second-order valence-corrected chi connectivity index (χ2v) is 5.75. The smallest absolute Gasteiger partial charge is 0.549 e. The van der Waals surface area contributed by atoms with Gasteiger partial charge in [-0.3, -0.25) is 4.90 Å². The van der Waals surface area contributed by atoms with Crippen molar-refractivity contribution in [2.24, 2.45) is 0 Å². The summed E-state index contributed by atoms with van der Waals surface area (Å²) in [5.74, 6) is -0.196. The fourth-order valence-corrected chi connectivity index (χ4v) is 2.87. The number of rotatable bonds is 4. The Kier molecular flexibility index (Phi) is 6.74. The van der Waals surface area contributed by atoms with Gasteiger partial charge in [-0.05, 0) is 24.1 Å². The molecule has 0 spiro atoms. The molecule has 1 aliphatic heterocycles. The van der Waals surface area contributed by atoms with Crippen LogP contribution in [0.4, 0.5) is 5.82 Å². The van der Waals surface area contributed by atoms with Crippen LogP contribution in [-0.4, -0.2) is 53.8 Å². The number of aryl methyl sites for hydroxylation is 1. The van der Waals surface area contributed by atoms with E-state index in [0.717, 1.165) is 30.0 Å². The summed E-state index contributed by atoms with van der Waals surface area (Å²) in [4.78, 5) is 14.7. The molecule has 0 bridgehead atoms. The second kappa shape index (κ2) is 8.58. The van der Waals surface area contributed by atoms with E-state index < -0.39 is 5.97 Å². The molecular formula is C17H19N4NaO2. The summed E-state index contributed by atoms with van der Waals surface area (Å²) in [5, 5.41) is 19.0. The average Bonchev–Trinajstić information content (AvgIpc) is 2.55. The number of hydrogen-bond donors (Lipinski definition) is 0. The number of piperazine rings is 1. The van der Waals surface area contributed by atoms with Crippen LogP contribution in [-0.2, 0) is 4.79 Å². The van der Waals surface area contributed by atoms with E-state index in [1.165, 1.54) is 5.56 Å². The van der Waals surface area contributed by atoms with Crippen LogP contribution in [0.15, 0.2) is 36.5 Å². The van der Waals surface area contributed by atoms with Gasteiger partial charge in [0.15, 0.2) is 5.82 Å². The van der Waals surface area contributed by atoms with Gasteiger partial charge in [0.05, 0.1) is 12.2 Å². The maximum atomic E-state index is 10.7. The first kappa shape index (κ1) is 18.9. The number of anilines is 1. The van der Waals surface area contributed by atoms with Crippen LogP contribution in [0, 0.1) is 6.92 Å². The van der Waals surface area contributed by atoms with Gasteiger partial charge in [-0.1, -0.05) is 24.3 Å². The molecule has 1 fully saturated rings. The van der Waals surface area contributed by atoms with Crippen LogP contribution in [0.2, 0.25) is 0 Å². The van der Waals surface area contributed by atoms with Gasteiger partial charge in [0.2, 0.25) is 0 Å². The van der Waals surface area contributed by atoms with Crippen molar-refractivity contribution < 1.29 is 39.5 Å². The molecular weight excluding hydrogens is 315 g/mol. The first-order chi connectivity index (χ1) is 11.1. The maximum Gasteiger partial charge on any atom is 1.00 e. The number of carboxylic acids is 1. The van der Waals surface area contributed by atoms with Crippen LogP contribution in [0.5, 0.6) is 0 Å². The molecule has 0 saturated carbocycles. The standard InChI is InChI=1S/C17H20N4O2.Na/c1-13-4-2-3-5-15(13)14-10-16(19-18-11-14)21-8-6-20(7-9-21)12-17(22)23;/h2-5,10-11H,6-9,12H2,1H3,(H,22,23);/q;+1/p-1. The van der Waals surface area contributed by atoms with Crippen molar-refractivity contribution in [3.63, 3.8) is 0 Å². The summed E-state index contributed by atoms with van der Waals surface area (Å²) in [6.45, 7) is 4.91. The normalized spacial score (nSPS) is 15.0. The minimum absolute atomic E-state index is 0. The number of aliphatic carboxylic acids is 1. The van der Waals surface area contributed by atoms with Crippen molar-refractivity contribution in [3.8, 4) is 11.1 Å². The van der Waals surface area contributed by atoms with Crippen LogP contribution in [0.3, 0.4) is 0 Å². The topological polar surface area (TPSA) is 72.4 Å². The molecule has 2 aromatic rings. The molecule has 6 nitrogen and oxygen atoms in total. The number of nitrogens with zero attached hydrogens (tertiary/aromatic N) is 4. The largest absolute Gasteiger partial charge is 1.00 e. The second-order valence-electron chi connectivity index (χ2n) is 5.75. The third-order valence-electron chi connectivity index (χ3n) is 4.15. The van der Waals surface area contributed by atoms with Crippen molar-refractivity contribution in [2.75, 3.05) is 37.6 Å². The Morgan fingerprint density at radius 1 is 1.21 bits per heavy atom. The summed E-state index contributed by atoms with van der Waals surface area (Å²) < 4.78 is 0. The molecule has 3 rings (SSSR count). The molecule has 120 valence electrons. The fourth-order valence-electron chi connectivity index (χ4n) is 2.87. The van der Waals surface area contributed by atoms with E-state index in [1.807, 2.05) is 23.1 Å².